The van der Waals surface area contributed by atoms with Gasteiger partial charge < -0.3 is 0 Å². The largest absolute Gasteiger partial charge is 0.266 e. The minimum atomic E-state index is -3.02. The SMILES string of the molecule is C/C(F)=C/C(C)(F)F. The Morgan fingerprint density at radius 3 is 1.88 bits per heavy atom. The highest BCUT2D eigenvalue weighted by Gasteiger charge is 2.16. The van der Waals surface area contributed by atoms with Crippen LogP contribution in [0, 0.1) is 0 Å². The molecule has 0 aromatic rings. The topological polar surface area (TPSA) is 0 Å². The zero-order valence-electron chi connectivity index (χ0n) is 4.71. The normalized spacial score (nSPS) is 14.4. The fourth-order valence-corrected chi connectivity index (χ4v) is 0.349. The molecule has 0 fully saturated rings. The Hall–Kier alpha value is -0.470. The quantitative estimate of drug-likeness (QED) is 0.503. The third-order valence-corrected chi connectivity index (χ3v) is 0.452. The molecule has 0 aliphatic carbocycles. The summed E-state index contributed by atoms with van der Waals surface area (Å²) in [5, 5.41) is 0. The molecule has 0 N–H and O–H groups in total. The first-order valence-corrected chi connectivity index (χ1v) is 2.14. The van der Waals surface area contributed by atoms with Crippen LogP contribution >= 0.6 is 0 Å². The van der Waals surface area contributed by atoms with E-state index in [2.05, 4.69) is 0 Å². The average molecular weight is 124 g/mol. The van der Waals surface area contributed by atoms with Gasteiger partial charge in [-0.3, -0.25) is 0 Å². The molecule has 0 bridgehead atoms. The summed E-state index contributed by atoms with van der Waals surface area (Å²) in [6.45, 7) is 1.62. The van der Waals surface area contributed by atoms with Crippen LogP contribution in [0.25, 0.3) is 0 Å². The molecule has 0 aromatic heterocycles. The van der Waals surface area contributed by atoms with E-state index in [9.17, 15) is 13.2 Å². The molecule has 0 nitrogen and oxygen atoms in total. The van der Waals surface area contributed by atoms with Gasteiger partial charge in [-0.15, -0.1) is 0 Å². The van der Waals surface area contributed by atoms with Gasteiger partial charge in [0.2, 0.25) is 0 Å². The highest BCUT2D eigenvalue weighted by molar-refractivity contribution is 4.95. The van der Waals surface area contributed by atoms with Crippen LogP contribution in [0.15, 0.2) is 11.9 Å². The first kappa shape index (κ1) is 7.53. The van der Waals surface area contributed by atoms with Crippen LogP contribution in [-0.2, 0) is 0 Å². The van der Waals surface area contributed by atoms with Gasteiger partial charge in [0.1, 0.15) is 0 Å². The van der Waals surface area contributed by atoms with Crippen molar-refractivity contribution >= 4 is 0 Å². The molecule has 0 rings (SSSR count). The fraction of sp³-hybridized carbons (Fsp3) is 0.600. The van der Waals surface area contributed by atoms with E-state index in [1.165, 1.54) is 0 Å². The molecule has 0 spiro atoms. The van der Waals surface area contributed by atoms with Gasteiger partial charge in [0, 0.05) is 13.0 Å². The summed E-state index contributed by atoms with van der Waals surface area (Å²) in [6.07, 6.45) is 0.271. The molecule has 0 saturated heterocycles. The lowest BCUT2D eigenvalue weighted by Gasteiger charge is -2.00. The number of alkyl halides is 2. The maximum absolute atomic E-state index is 11.7. The number of hydrogen-bond donors (Lipinski definition) is 0. The van der Waals surface area contributed by atoms with Gasteiger partial charge in [-0.1, -0.05) is 0 Å². The van der Waals surface area contributed by atoms with Crippen LogP contribution in [-0.4, -0.2) is 5.92 Å². The predicted molar refractivity (Wildman–Crippen MR) is 25.5 cm³/mol. The molecule has 0 aromatic carbocycles. The van der Waals surface area contributed by atoms with Crippen LogP contribution in [0.5, 0.6) is 0 Å². The average Bonchev–Trinajstić information content (AvgIpc) is 1.21. The molecule has 0 heterocycles. The Bertz CT molecular complexity index is 94.7. The summed E-state index contributed by atoms with van der Waals surface area (Å²) in [6, 6.07) is 0. The van der Waals surface area contributed by atoms with Crippen molar-refractivity contribution in [3.8, 4) is 0 Å². The monoisotopic (exact) mass is 124 g/mol. The highest BCUT2D eigenvalue weighted by atomic mass is 19.3. The minimum absolute atomic E-state index is 0.271. The Labute approximate surface area is 46.0 Å². The second-order valence-corrected chi connectivity index (χ2v) is 1.69. The van der Waals surface area contributed by atoms with Crippen molar-refractivity contribution in [2.75, 3.05) is 0 Å². The smallest absolute Gasteiger partial charge is 0.212 e. The highest BCUT2D eigenvalue weighted by Crippen LogP contribution is 2.15. The number of hydrogen-bond acceptors (Lipinski definition) is 0. The van der Waals surface area contributed by atoms with Crippen molar-refractivity contribution < 1.29 is 13.2 Å². The van der Waals surface area contributed by atoms with Crippen LogP contribution in [0.2, 0.25) is 0 Å². The van der Waals surface area contributed by atoms with Crippen LogP contribution < -0.4 is 0 Å². The van der Waals surface area contributed by atoms with Crippen molar-refractivity contribution in [3.63, 3.8) is 0 Å². The number of halogens is 3. The summed E-state index contributed by atoms with van der Waals surface area (Å²) < 4.78 is 34.9. The molecule has 3 heteroatoms. The second-order valence-electron chi connectivity index (χ2n) is 1.69. The molecule has 0 radical (unpaired) electrons. The zero-order chi connectivity index (χ0) is 6.78. The lowest BCUT2D eigenvalue weighted by Crippen LogP contribution is -2.03. The molecular weight excluding hydrogens is 117 g/mol. The molecule has 0 unspecified atom stereocenters. The molecule has 0 aliphatic rings. The van der Waals surface area contributed by atoms with Crippen molar-refractivity contribution in [3.05, 3.63) is 11.9 Å². The summed E-state index contributed by atoms with van der Waals surface area (Å²) in [5.41, 5.74) is 0. The molecule has 0 atom stereocenters. The van der Waals surface area contributed by atoms with Crippen LogP contribution in [0.3, 0.4) is 0 Å². The van der Waals surface area contributed by atoms with Gasteiger partial charge in [0.25, 0.3) is 5.92 Å². The van der Waals surface area contributed by atoms with Crippen LogP contribution in [0.1, 0.15) is 13.8 Å². The Morgan fingerprint density at radius 2 is 1.88 bits per heavy atom. The standard InChI is InChI=1S/C5H7F3/c1-4(6)3-5(2,7)8/h3H,1-2H3/b4-3-. The summed E-state index contributed by atoms with van der Waals surface area (Å²) in [5.74, 6) is -3.86. The number of rotatable bonds is 1. The maximum Gasteiger partial charge on any atom is 0.266 e. The molecule has 48 valence electrons. The maximum atomic E-state index is 11.7. The number of allylic oxidation sites excluding steroid dienone is 2. The first-order valence-electron chi connectivity index (χ1n) is 2.14. The van der Waals surface area contributed by atoms with E-state index in [4.69, 9.17) is 0 Å². The van der Waals surface area contributed by atoms with Gasteiger partial charge in [-0.05, 0) is 6.92 Å². The van der Waals surface area contributed by atoms with Crippen molar-refractivity contribution in [1.82, 2.24) is 0 Å². The van der Waals surface area contributed by atoms with E-state index in [0.717, 1.165) is 6.92 Å². The van der Waals surface area contributed by atoms with Gasteiger partial charge >= 0.3 is 0 Å². The summed E-state index contributed by atoms with van der Waals surface area (Å²) >= 11 is 0. The van der Waals surface area contributed by atoms with Crippen LogP contribution in [0.4, 0.5) is 13.2 Å². The lowest BCUT2D eigenvalue weighted by atomic mass is 10.3. The summed E-state index contributed by atoms with van der Waals surface area (Å²) in [4.78, 5) is 0. The second kappa shape index (κ2) is 2.20. The van der Waals surface area contributed by atoms with Crippen molar-refractivity contribution in [1.29, 1.82) is 0 Å². The van der Waals surface area contributed by atoms with E-state index >= 15 is 0 Å². The zero-order valence-corrected chi connectivity index (χ0v) is 4.71. The van der Waals surface area contributed by atoms with Gasteiger partial charge in [-0.25, -0.2) is 13.2 Å². The van der Waals surface area contributed by atoms with E-state index in [1.54, 1.807) is 0 Å². The summed E-state index contributed by atoms with van der Waals surface area (Å²) in [7, 11) is 0. The third-order valence-electron chi connectivity index (χ3n) is 0.452. The Kier molecular flexibility index (Phi) is 2.07. The fourth-order valence-electron chi connectivity index (χ4n) is 0.349. The first-order chi connectivity index (χ1) is 3.42. The van der Waals surface area contributed by atoms with E-state index in [-0.39, 0.29) is 6.08 Å². The minimum Gasteiger partial charge on any atom is -0.212 e. The van der Waals surface area contributed by atoms with Crippen molar-refractivity contribution in [2.45, 2.75) is 19.8 Å². The Balaban J connectivity index is 3.89. The predicted octanol–water partition coefficient (Wildman–Crippen LogP) is 2.51. The van der Waals surface area contributed by atoms with E-state index in [1.807, 2.05) is 0 Å². The lowest BCUT2D eigenvalue weighted by molar-refractivity contribution is 0.0751. The van der Waals surface area contributed by atoms with E-state index < -0.39 is 11.7 Å². The molecule has 8 heavy (non-hydrogen) atoms. The van der Waals surface area contributed by atoms with Crippen molar-refractivity contribution in [2.24, 2.45) is 0 Å². The van der Waals surface area contributed by atoms with E-state index in [0.29, 0.717) is 6.92 Å². The van der Waals surface area contributed by atoms with Gasteiger partial charge in [-0.2, -0.15) is 0 Å². The third kappa shape index (κ3) is 5.53. The van der Waals surface area contributed by atoms with Gasteiger partial charge in [0.05, 0.1) is 5.83 Å². The van der Waals surface area contributed by atoms with Gasteiger partial charge in [0.15, 0.2) is 0 Å². The molecule has 0 amide bonds. The molecule has 0 aliphatic heterocycles. The molecular formula is C5H7F3. The Morgan fingerprint density at radius 1 is 1.50 bits per heavy atom. The molecule has 0 saturated carbocycles.